The number of halogens is 2. The van der Waals surface area contributed by atoms with Crippen molar-refractivity contribution < 1.29 is 0 Å². The number of aryl methyl sites for hydroxylation is 1. The quantitative estimate of drug-likeness (QED) is 0.469. The van der Waals surface area contributed by atoms with E-state index >= 15 is 0 Å². The SMILES string of the molecule is CC(CCc1ccc(C2C(Cl)CCCC2Cl)cc1)N(C)Cc1ccccc1. The summed E-state index contributed by atoms with van der Waals surface area (Å²) in [6, 6.07) is 20.2. The average Bonchev–Trinajstić information content (AvgIpc) is 2.67. The van der Waals surface area contributed by atoms with Gasteiger partial charge in [-0.3, -0.25) is 4.90 Å². The van der Waals surface area contributed by atoms with Crippen LogP contribution in [0.3, 0.4) is 0 Å². The molecule has 0 N–H and O–H groups in total. The first-order chi connectivity index (χ1) is 13.0. The Bertz CT molecular complexity index is 675. The zero-order valence-electron chi connectivity index (χ0n) is 16.5. The summed E-state index contributed by atoms with van der Waals surface area (Å²) < 4.78 is 0. The first-order valence-corrected chi connectivity index (χ1v) is 11.0. The summed E-state index contributed by atoms with van der Waals surface area (Å²) in [5.74, 6) is 0.284. The van der Waals surface area contributed by atoms with E-state index in [4.69, 9.17) is 23.2 Å². The van der Waals surface area contributed by atoms with Crippen molar-refractivity contribution in [2.24, 2.45) is 0 Å². The van der Waals surface area contributed by atoms with Gasteiger partial charge >= 0.3 is 0 Å². The standard InChI is InChI=1S/C24H31Cl2N/c1-18(27(2)17-20-7-4-3-5-8-20)11-12-19-13-15-21(16-14-19)24-22(25)9-6-10-23(24)26/h3-5,7-8,13-16,18,22-24H,6,9-12,17H2,1-2H3. The van der Waals surface area contributed by atoms with Crippen LogP contribution in [-0.2, 0) is 13.0 Å². The normalized spacial score (nSPS) is 24.1. The molecule has 3 unspecified atom stereocenters. The molecule has 146 valence electrons. The third kappa shape index (κ3) is 5.73. The summed E-state index contributed by atoms with van der Waals surface area (Å²) in [4.78, 5) is 2.43. The van der Waals surface area contributed by atoms with E-state index in [1.54, 1.807) is 0 Å². The minimum absolute atomic E-state index is 0.166. The zero-order chi connectivity index (χ0) is 19.2. The summed E-state index contributed by atoms with van der Waals surface area (Å²) in [5.41, 5.74) is 4.06. The third-order valence-corrected chi connectivity index (χ3v) is 6.96. The van der Waals surface area contributed by atoms with Crippen LogP contribution in [0.4, 0.5) is 0 Å². The molecule has 0 spiro atoms. The van der Waals surface area contributed by atoms with Crippen molar-refractivity contribution in [3.05, 3.63) is 71.3 Å². The maximum atomic E-state index is 6.57. The van der Waals surface area contributed by atoms with Crippen LogP contribution in [0.15, 0.2) is 54.6 Å². The van der Waals surface area contributed by atoms with Crippen LogP contribution >= 0.6 is 23.2 Å². The second-order valence-electron chi connectivity index (χ2n) is 8.02. The van der Waals surface area contributed by atoms with Gasteiger partial charge in [0.25, 0.3) is 0 Å². The van der Waals surface area contributed by atoms with Crippen LogP contribution in [-0.4, -0.2) is 28.7 Å². The van der Waals surface area contributed by atoms with E-state index in [2.05, 4.69) is 73.5 Å². The van der Waals surface area contributed by atoms with E-state index in [1.165, 1.54) is 16.7 Å². The Morgan fingerprint density at radius 3 is 2.19 bits per heavy atom. The molecule has 1 aliphatic carbocycles. The molecule has 0 aromatic heterocycles. The summed E-state index contributed by atoms with van der Waals surface area (Å²) in [7, 11) is 2.21. The molecular formula is C24H31Cl2N. The lowest BCUT2D eigenvalue weighted by molar-refractivity contribution is 0.238. The second-order valence-corrected chi connectivity index (χ2v) is 9.14. The van der Waals surface area contributed by atoms with Gasteiger partial charge in [-0.25, -0.2) is 0 Å². The van der Waals surface area contributed by atoms with Crippen molar-refractivity contribution in [2.45, 2.75) is 68.3 Å². The van der Waals surface area contributed by atoms with Crippen LogP contribution in [0.1, 0.15) is 55.2 Å². The lowest BCUT2D eigenvalue weighted by Crippen LogP contribution is -2.29. The van der Waals surface area contributed by atoms with Gasteiger partial charge in [0.2, 0.25) is 0 Å². The molecular weight excluding hydrogens is 373 g/mol. The van der Waals surface area contributed by atoms with E-state index < -0.39 is 0 Å². The molecule has 27 heavy (non-hydrogen) atoms. The van der Waals surface area contributed by atoms with Crippen molar-refractivity contribution in [1.82, 2.24) is 4.90 Å². The van der Waals surface area contributed by atoms with Crippen LogP contribution in [0, 0.1) is 0 Å². The number of alkyl halides is 2. The van der Waals surface area contributed by atoms with Crippen molar-refractivity contribution >= 4 is 23.2 Å². The van der Waals surface area contributed by atoms with E-state index in [-0.39, 0.29) is 16.7 Å². The molecule has 3 atom stereocenters. The third-order valence-electron chi connectivity index (χ3n) is 5.98. The Hall–Kier alpha value is -1.02. The lowest BCUT2D eigenvalue weighted by atomic mass is 9.83. The number of nitrogens with zero attached hydrogens (tertiary/aromatic N) is 1. The Labute approximate surface area is 174 Å². The molecule has 0 aliphatic heterocycles. The van der Waals surface area contributed by atoms with E-state index in [1.807, 2.05) is 0 Å². The van der Waals surface area contributed by atoms with E-state index in [0.717, 1.165) is 38.6 Å². The summed E-state index contributed by atoms with van der Waals surface area (Å²) in [5, 5.41) is 0.331. The average molecular weight is 404 g/mol. The molecule has 0 bridgehead atoms. The molecule has 3 heteroatoms. The fourth-order valence-corrected chi connectivity index (χ4v) is 5.07. The number of hydrogen-bond acceptors (Lipinski definition) is 1. The van der Waals surface area contributed by atoms with Crippen molar-refractivity contribution in [1.29, 1.82) is 0 Å². The van der Waals surface area contributed by atoms with Crippen LogP contribution in [0.25, 0.3) is 0 Å². The molecule has 2 aromatic rings. The molecule has 0 heterocycles. The predicted octanol–water partition coefficient (Wildman–Crippen LogP) is 6.62. The second kappa shape index (κ2) is 9.96. The Morgan fingerprint density at radius 2 is 1.56 bits per heavy atom. The van der Waals surface area contributed by atoms with Gasteiger partial charge < -0.3 is 0 Å². The van der Waals surface area contributed by atoms with Crippen molar-refractivity contribution in [3.63, 3.8) is 0 Å². The Morgan fingerprint density at radius 1 is 0.926 bits per heavy atom. The molecule has 3 rings (SSSR count). The zero-order valence-corrected chi connectivity index (χ0v) is 18.0. The largest absolute Gasteiger partial charge is 0.299 e. The van der Waals surface area contributed by atoms with E-state index in [9.17, 15) is 0 Å². The highest BCUT2D eigenvalue weighted by atomic mass is 35.5. The molecule has 1 aliphatic rings. The molecule has 0 saturated heterocycles. The first-order valence-electron chi connectivity index (χ1n) is 10.2. The van der Waals surface area contributed by atoms with Gasteiger partial charge in [0.1, 0.15) is 0 Å². The fourth-order valence-electron chi connectivity index (χ4n) is 4.04. The minimum atomic E-state index is 0.166. The number of benzene rings is 2. The number of hydrogen-bond donors (Lipinski definition) is 0. The fraction of sp³-hybridized carbons (Fsp3) is 0.500. The molecule has 2 aromatic carbocycles. The van der Waals surface area contributed by atoms with Crippen molar-refractivity contribution in [3.8, 4) is 0 Å². The topological polar surface area (TPSA) is 3.24 Å². The van der Waals surface area contributed by atoms with Gasteiger partial charge in [0.05, 0.1) is 0 Å². The van der Waals surface area contributed by atoms with Crippen LogP contribution in [0.2, 0.25) is 0 Å². The minimum Gasteiger partial charge on any atom is -0.299 e. The van der Waals surface area contributed by atoms with Gasteiger partial charge in [-0.05, 0) is 56.3 Å². The smallest absolute Gasteiger partial charge is 0.0418 e. The van der Waals surface area contributed by atoms with E-state index in [0.29, 0.717) is 6.04 Å². The Balaban J connectivity index is 1.52. The maximum absolute atomic E-state index is 6.57. The summed E-state index contributed by atoms with van der Waals surface area (Å²) >= 11 is 13.1. The van der Waals surface area contributed by atoms with Gasteiger partial charge in [0, 0.05) is 29.3 Å². The van der Waals surface area contributed by atoms with Crippen molar-refractivity contribution in [2.75, 3.05) is 7.05 Å². The molecule has 0 radical (unpaired) electrons. The maximum Gasteiger partial charge on any atom is 0.0418 e. The van der Waals surface area contributed by atoms with Crippen LogP contribution < -0.4 is 0 Å². The molecule has 1 saturated carbocycles. The summed E-state index contributed by atoms with van der Waals surface area (Å²) in [6.07, 6.45) is 5.54. The summed E-state index contributed by atoms with van der Waals surface area (Å²) in [6.45, 7) is 3.31. The van der Waals surface area contributed by atoms with Gasteiger partial charge in [-0.1, -0.05) is 61.0 Å². The number of rotatable bonds is 7. The highest BCUT2D eigenvalue weighted by molar-refractivity contribution is 6.24. The lowest BCUT2D eigenvalue weighted by Gasteiger charge is -2.32. The first kappa shape index (κ1) is 20.7. The Kier molecular flexibility index (Phi) is 7.64. The van der Waals surface area contributed by atoms with Gasteiger partial charge in [0.15, 0.2) is 0 Å². The molecule has 1 nitrogen and oxygen atoms in total. The predicted molar refractivity (Wildman–Crippen MR) is 118 cm³/mol. The highest BCUT2D eigenvalue weighted by Gasteiger charge is 2.31. The monoisotopic (exact) mass is 403 g/mol. The molecule has 1 fully saturated rings. The molecule has 0 amide bonds. The van der Waals surface area contributed by atoms with Gasteiger partial charge in [-0.15, -0.1) is 23.2 Å². The highest BCUT2D eigenvalue weighted by Crippen LogP contribution is 2.39. The van der Waals surface area contributed by atoms with Crippen LogP contribution in [0.5, 0.6) is 0 Å². The van der Waals surface area contributed by atoms with Gasteiger partial charge in [-0.2, -0.15) is 0 Å².